The van der Waals surface area contributed by atoms with Gasteiger partial charge in [0.25, 0.3) is 0 Å². The van der Waals surface area contributed by atoms with Gasteiger partial charge in [-0.1, -0.05) is 24.3 Å². The zero-order valence-corrected chi connectivity index (χ0v) is 21.0. The molecule has 2 N–H and O–H groups in total. The van der Waals surface area contributed by atoms with Crippen LogP contribution in [0.3, 0.4) is 0 Å². The highest BCUT2D eigenvalue weighted by atomic mass is 32.2. The van der Waals surface area contributed by atoms with E-state index in [1.165, 1.54) is 59.2 Å². The number of pyridine rings is 1. The molecule has 0 atom stereocenters. The number of benzene rings is 3. The number of hydrogen-bond acceptors (Lipinski definition) is 5. The fraction of sp³-hybridized carbons (Fsp3) is 0.148. The van der Waals surface area contributed by atoms with E-state index >= 15 is 0 Å². The van der Waals surface area contributed by atoms with Gasteiger partial charge in [-0.2, -0.15) is 4.57 Å². The zero-order valence-electron chi connectivity index (χ0n) is 20.2. The third-order valence-electron chi connectivity index (χ3n) is 5.32. The van der Waals surface area contributed by atoms with E-state index in [0.717, 1.165) is 0 Å². The highest BCUT2D eigenvalue weighted by Crippen LogP contribution is 2.16. The van der Waals surface area contributed by atoms with Crippen LogP contribution >= 0.6 is 0 Å². The molecule has 0 fully saturated rings. The maximum Gasteiger partial charge on any atom is 0.212 e. The summed E-state index contributed by atoms with van der Waals surface area (Å²) in [6, 6.07) is 26.6. The fourth-order valence-corrected chi connectivity index (χ4v) is 3.80. The SMILES string of the molecule is CN(C)c1ccc(/C=C/c2ccc3ccccc3[n+]2C)cc1.COc1ccc(S(=O)(=O)[O-])cc1.O. The average Bonchev–Trinajstić information content (AvgIpc) is 2.84. The average molecular weight is 495 g/mol. The lowest BCUT2D eigenvalue weighted by atomic mass is 10.1. The van der Waals surface area contributed by atoms with Gasteiger partial charge in [0.1, 0.15) is 22.9 Å². The van der Waals surface area contributed by atoms with E-state index in [9.17, 15) is 13.0 Å². The number of aryl methyl sites for hydroxylation is 1. The van der Waals surface area contributed by atoms with Gasteiger partial charge in [-0.05, 0) is 60.2 Å². The number of anilines is 1. The maximum atomic E-state index is 10.4. The quantitative estimate of drug-likeness (QED) is 0.311. The summed E-state index contributed by atoms with van der Waals surface area (Å²) in [5, 5.41) is 1.26. The van der Waals surface area contributed by atoms with Crippen molar-refractivity contribution in [2.45, 2.75) is 4.90 Å². The third kappa shape index (κ3) is 7.38. The van der Waals surface area contributed by atoms with E-state index in [0.29, 0.717) is 5.75 Å². The molecule has 0 aliphatic rings. The fourth-order valence-electron chi connectivity index (χ4n) is 3.33. The lowest BCUT2D eigenvalue weighted by Gasteiger charge is -2.11. The number of hydrogen-bond donors (Lipinski definition) is 0. The predicted molar refractivity (Wildman–Crippen MR) is 139 cm³/mol. The summed E-state index contributed by atoms with van der Waals surface area (Å²) in [5.41, 5.74) is 4.86. The molecule has 1 heterocycles. The molecule has 0 radical (unpaired) electrons. The van der Waals surface area contributed by atoms with Gasteiger partial charge in [0.15, 0.2) is 0 Å². The second-order valence-electron chi connectivity index (χ2n) is 7.82. The molecule has 3 aromatic carbocycles. The number of ether oxygens (including phenoxy) is 1. The molecular formula is C27H30N2O5S. The minimum absolute atomic E-state index is 0. The monoisotopic (exact) mass is 494 g/mol. The first-order chi connectivity index (χ1) is 16.2. The topological polar surface area (TPSA) is 105 Å². The number of nitrogens with zero attached hydrogens (tertiary/aromatic N) is 2. The van der Waals surface area contributed by atoms with Crippen molar-refractivity contribution in [3.63, 3.8) is 0 Å². The van der Waals surface area contributed by atoms with Crippen LogP contribution in [0.1, 0.15) is 11.3 Å². The van der Waals surface area contributed by atoms with Gasteiger partial charge in [-0.15, -0.1) is 0 Å². The standard InChI is InChI=1S/C20H21N2.C7H8O4S.H2O/c1-21(2)18-12-8-16(9-13-18)10-14-19-15-11-17-6-4-5-7-20(17)22(19)3;1-11-6-2-4-7(5-3-6)12(8,9)10;/h4-15H,1-3H3;2-5H,1H3,(H,8,9,10);1H2/q+1;;/p-1. The molecule has 184 valence electrons. The van der Waals surface area contributed by atoms with Gasteiger partial charge < -0.3 is 19.7 Å². The van der Waals surface area contributed by atoms with Crippen LogP contribution in [0.2, 0.25) is 0 Å². The van der Waals surface area contributed by atoms with Crippen LogP contribution < -0.4 is 14.2 Å². The Morgan fingerprint density at radius 1 is 0.857 bits per heavy atom. The first-order valence-electron chi connectivity index (χ1n) is 10.6. The molecule has 8 heteroatoms. The number of rotatable bonds is 5. The lowest BCUT2D eigenvalue weighted by molar-refractivity contribution is -0.646. The molecule has 4 rings (SSSR count). The Morgan fingerprint density at radius 3 is 2.06 bits per heavy atom. The molecule has 0 unspecified atom stereocenters. The van der Waals surface area contributed by atoms with Crippen molar-refractivity contribution in [2.24, 2.45) is 7.05 Å². The summed E-state index contributed by atoms with van der Waals surface area (Å²) in [7, 11) is 3.34. The van der Waals surface area contributed by atoms with Crippen molar-refractivity contribution < 1.29 is 27.8 Å². The van der Waals surface area contributed by atoms with Crippen LogP contribution in [-0.4, -0.2) is 39.7 Å². The summed E-state index contributed by atoms with van der Waals surface area (Å²) < 4.78 is 38.3. The van der Waals surface area contributed by atoms with E-state index < -0.39 is 10.1 Å². The minimum Gasteiger partial charge on any atom is -0.744 e. The van der Waals surface area contributed by atoms with Gasteiger partial charge in [0.2, 0.25) is 11.2 Å². The van der Waals surface area contributed by atoms with Gasteiger partial charge in [-0.25, -0.2) is 8.42 Å². The van der Waals surface area contributed by atoms with E-state index in [-0.39, 0.29) is 10.4 Å². The number of methoxy groups -OCH3 is 1. The largest absolute Gasteiger partial charge is 0.744 e. The normalized spacial score (nSPS) is 10.9. The Labute approximate surface area is 206 Å². The van der Waals surface area contributed by atoms with Gasteiger partial charge in [-0.3, -0.25) is 0 Å². The summed E-state index contributed by atoms with van der Waals surface area (Å²) in [5.74, 6) is 0.516. The van der Waals surface area contributed by atoms with Crippen molar-refractivity contribution in [3.8, 4) is 5.75 Å². The second-order valence-corrected chi connectivity index (χ2v) is 9.20. The van der Waals surface area contributed by atoms with Gasteiger partial charge in [0, 0.05) is 43.4 Å². The van der Waals surface area contributed by atoms with Gasteiger partial charge in [0.05, 0.1) is 12.0 Å². The summed E-state index contributed by atoms with van der Waals surface area (Å²) in [4.78, 5) is 1.86. The highest BCUT2D eigenvalue weighted by Gasteiger charge is 2.08. The molecule has 1 aromatic heterocycles. The van der Waals surface area contributed by atoms with Crippen LogP contribution in [0.5, 0.6) is 5.75 Å². The molecule has 0 saturated carbocycles. The Bertz CT molecular complexity index is 1380. The van der Waals surface area contributed by atoms with Crippen LogP contribution in [0.4, 0.5) is 5.69 Å². The number of para-hydroxylation sites is 1. The van der Waals surface area contributed by atoms with Crippen molar-refractivity contribution in [3.05, 3.63) is 96.2 Å². The van der Waals surface area contributed by atoms with Crippen molar-refractivity contribution in [2.75, 3.05) is 26.1 Å². The first kappa shape index (κ1) is 27.5. The number of aromatic nitrogens is 1. The Balaban J connectivity index is 0.000000284. The van der Waals surface area contributed by atoms with E-state index in [1.807, 2.05) is 0 Å². The van der Waals surface area contributed by atoms with E-state index in [1.54, 1.807) is 0 Å². The smallest absolute Gasteiger partial charge is 0.212 e. The molecule has 0 spiro atoms. The van der Waals surface area contributed by atoms with Crippen LogP contribution in [0.15, 0.2) is 89.8 Å². The first-order valence-corrected chi connectivity index (χ1v) is 12.0. The lowest BCUT2D eigenvalue weighted by Crippen LogP contribution is -2.32. The molecule has 35 heavy (non-hydrogen) atoms. The Morgan fingerprint density at radius 2 is 1.49 bits per heavy atom. The Hall–Kier alpha value is -3.72. The van der Waals surface area contributed by atoms with Crippen molar-refractivity contribution in [1.82, 2.24) is 0 Å². The van der Waals surface area contributed by atoms with Gasteiger partial charge >= 0.3 is 0 Å². The molecule has 0 bridgehead atoms. The van der Waals surface area contributed by atoms with Crippen LogP contribution in [0.25, 0.3) is 23.1 Å². The zero-order chi connectivity index (χ0) is 24.7. The van der Waals surface area contributed by atoms with E-state index in [4.69, 9.17) is 4.74 Å². The predicted octanol–water partition coefficient (Wildman–Crippen LogP) is 3.68. The Kier molecular flexibility index (Phi) is 9.53. The number of fused-ring (bicyclic) bond motifs is 1. The van der Waals surface area contributed by atoms with E-state index in [2.05, 4.69) is 103 Å². The molecule has 0 aliphatic heterocycles. The molecule has 0 aliphatic carbocycles. The molecule has 4 aromatic rings. The molecule has 0 amide bonds. The molecule has 0 saturated heterocycles. The minimum atomic E-state index is -4.33. The highest BCUT2D eigenvalue weighted by molar-refractivity contribution is 7.85. The van der Waals surface area contributed by atoms with Crippen molar-refractivity contribution >= 4 is 38.9 Å². The third-order valence-corrected chi connectivity index (χ3v) is 6.17. The maximum absolute atomic E-state index is 10.4. The van der Waals surface area contributed by atoms with Crippen LogP contribution in [0, 0.1) is 0 Å². The molecule has 7 nitrogen and oxygen atoms in total. The molecular weight excluding hydrogens is 464 g/mol. The van der Waals surface area contributed by atoms with Crippen molar-refractivity contribution in [1.29, 1.82) is 0 Å². The van der Waals surface area contributed by atoms with Crippen LogP contribution in [-0.2, 0) is 17.2 Å². The summed E-state index contributed by atoms with van der Waals surface area (Å²) >= 11 is 0. The second kappa shape index (κ2) is 12.1. The summed E-state index contributed by atoms with van der Waals surface area (Å²) in [6.45, 7) is 0. The summed E-state index contributed by atoms with van der Waals surface area (Å²) in [6.07, 6.45) is 4.32.